The van der Waals surface area contributed by atoms with Crippen LogP contribution < -0.4 is 4.74 Å². The molecule has 0 radical (unpaired) electrons. The summed E-state index contributed by atoms with van der Waals surface area (Å²) < 4.78 is 5.12. The van der Waals surface area contributed by atoms with Crippen LogP contribution in [-0.4, -0.2) is 12.2 Å². The largest absolute Gasteiger partial charge is 0.497 e. The summed E-state index contributed by atoms with van der Waals surface area (Å²) in [5.41, 5.74) is 1.18. The van der Waals surface area contributed by atoms with Crippen molar-refractivity contribution in [2.75, 3.05) is 7.11 Å². The highest BCUT2D eigenvalue weighted by Crippen LogP contribution is 2.25. The molecule has 0 saturated heterocycles. The molecule has 0 spiro atoms. The molecule has 2 aromatic rings. The van der Waals surface area contributed by atoms with E-state index in [0.717, 1.165) is 16.9 Å². The lowest BCUT2D eigenvalue weighted by Crippen LogP contribution is -2.19. The minimum Gasteiger partial charge on any atom is -0.497 e. The van der Waals surface area contributed by atoms with E-state index in [0.29, 0.717) is 6.42 Å². The van der Waals surface area contributed by atoms with Gasteiger partial charge in [-0.15, -0.1) is 0 Å². The third-order valence-electron chi connectivity index (χ3n) is 3.34. The third-order valence-corrected chi connectivity index (χ3v) is 3.34. The van der Waals surface area contributed by atoms with Crippen LogP contribution in [0, 0.1) is 0 Å². The van der Waals surface area contributed by atoms with Crippen LogP contribution in [0.5, 0.6) is 5.75 Å². The van der Waals surface area contributed by atoms with Crippen LogP contribution in [0.1, 0.15) is 24.5 Å². The van der Waals surface area contributed by atoms with Gasteiger partial charge in [0.15, 0.2) is 0 Å². The van der Waals surface area contributed by atoms with Gasteiger partial charge >= 0.3 is 0 Å². The van der Waals surface area contributed by atoms with Crippen LogP contribution in [0.4, 0.5) is 0 Å². The van der Waals surface area contributed by atoms with Crippen molar-refractivity contribution in [2.24, 2.45) is 0 Å². The molecule has 2 aromatic carbocycles. The van der Waals surface area contributed by atoms with Crippen LogP contribution in [0.15, 0.2) is 60.7 Å². The van der Waals surface area contributed by atoms with Gasteiger partial charge in [0, 0.05) is 0 Å². The van der Waals surface area contributed by atoms with E-state index in [2.05, 4.69) is 0 Å². The van der Waals surface area contributed by atoms with Crippen LogP contribution in [0.2, 0.25) is 0 Å². The normalized spacial score (nSPS) is 14.2. The molecule has 2 nitrogen and oxygen atoms in total. The van der Waals surface area contributed by atoms with Crippen LogP contribution in [0.25, 0.3) is 6.08 Å². The number of aliphatic hydroxyl groups is 1. The lowest BCUT2D eigenvalue weighted by molar-refractivity contribution is 0.0607. The summed E-state index contributed by atoms with van der Waals surface area (Å²) in [4.78, 5) is 0. The van der Waals surface area contributed by atoms with E-state index in [1.54, 1.807) is 7.11 Å². The van der Waals surface area contributed by atoms with Gasteiger partial charge < -0.3 is 9.84 Å². The minimum absolute atomic E-state index is 0.572. The lowest BCUT2D eigenvalue weighted by Gasteiger charge is -2.22. The summed E-state index contributed by atoms with van der Waals surface area (Å²) >= 11 is 0. The van der Waals surface area contributed by atoms with Crippen molar-refractivity contribution in [1.82, 2.24) is 0 Å². The average molecular weight is 268 g/mol. The fraction of sp³-hybridized carbons (Fsp3) is 0.222. The number of benzene rings is 2. The van der Waals surface area contributed by atoms with Crippen LogP contribution in [-0.2, 0) is 5.60 Å². The number of hydrogen-bond donors (Lipinski definition) is 1. The Morgan fingerprint density at radius 2 is 1.70 bits per heavy atom. The molecular formula is C18H20O2. The summed E-state index contributed by atoms with van der Waals surface area (Å²) in [5, 5.41) is 10.5. The molecule has 0 fully saturated rings. The first kappa shape index (κ1) is 14.4. The maximum absolute atomic E-state index is 10.5. The predicted molar refractivity (Wildman–Crippen MR) is 82.7 cm³/mol. The zero-order chi connectivity index (χ0) is 14.4. The van der Waals surface area contributed by atoms with Crippen molar-refractivity contribution >= 4 is 6.08 Å². The van der Waals surface area contributed by atoms with E-state index >= 15 is 0 Å². The van der Waals surface area contributed by atoms with E-state index in [9.17, 15) is 5.11 Å². The first-order valence-electron chi connectivity index (χ1n) is 6.70. The van der Waals surface area contributed by atoms with Gasteiger partial charge in [-0.25, -0.2) is 0 Å². The first-order valence-corrected chi connectivity index (χ1v) is 6.70. The minimum atomic E-state index is -0.843. The zero-order valence-electron chi connectivity index (χ0n) is 11.9. The smallest absolute Gasteiger partial charge is 0.118 e. The fourth-order valence-electron chi connectivity index (χ4n) is 2.05. The Kier molecular flexibility index (Phi) is 4.59. The highest BCUT2D eigenvalue weighted by Gasteiger charge is 2.20. The Hall–Kier alpha value is -2.06. The summed E-state index contributed by atoms with van der Waals surface area (Å²) in [7, 11) is 1.65. The highest BCUT2D eigenvalue weighted by atomic mass is 16.5. The number of hydrogen-bond acceptors (Lipinski definition) is 2. The van der Waals surface area contributed by atoms with Gasteiger partial charge in [0.1, 0.15) is 5.75 Å². The summed E-state index contributed by atoms with van der Waals surface area (Å²) in [5.74, 6) is 0.846. The van der Waals surface area contributed by atoms with Crippen molar-refractivity contribution in [2.45, 2.75) is 18.9 Å². The molecule has 1 N–H and O–H groups in total. The van der Waals surface area contributed by atoms with Crippen LogP contribution >= 0.6 is 0 Å². The molecule has 104 valence electrons. The first-order chi connectivity index (χ1) is 9.62. The molecule has 2 heteroatoms. The zero-order valence-corrected chi connectivity index (χ0v) is 11.9. The lowest BCUT2D eigenvalue weighted by atomic mass is 9.92. The van der Waals surface area contributed by atoms with Gasteiger partial charge in [0.2, 0.25) is 0 Å². The molecular weight excluding hydrogens is 248 g/mol. The molecule has 0 amide bonds. The third kappa shape index (κ3) is 3.72. The van der Waals surface area contributed by atoms with Crippen molar-refractivity contribution in [3.05, 3.63) is 71.8 Å². The molecule has 0 aromatic heterocycles. The molecule has 1 unspecified atom stereocenters. The molecule has 0 heterocycles. The fourth-order valence-corrected chi connectivity index (χ4v) is 2.05. The Balaban J connectivity index is 2.01. The quantitative estimate of drug-likeness (QED) is 0.888. The van der Waals surface area contributed by atoms with E-state index in [1.165, 1.54) is 0 Å². The summed E-state index contributed by atoms with van der Waals surface area (Å²) in [6.45, 7) is 1.83. The monoisotopic (exact) mass is 268 g/mol. The van der Waals surface area contributed by atoms with Crippen molar-refractivity contribution in [3.63, 3.8) is 0 Å². The Morgan fingerprint density at radius 3 is 2.30 bits per heavy atom. The molecule has 0 aliphatic rings. The molecule has 20 heavy (non-hydrogen) atoms. The second kappa shape index (κ2) is 6.40. The van der Waals surface area contributed by atoms with Gasteiger partial charge in [0.05, 0.1) is 12.7 Å². The average Bonchev–Trinajstić information content (AvgIpc) is 2.49. The van der Waals surface area contributed by atoms with Gasteiger partial charge in [-0.2, -0.15) is 0 Å². The number of rotatable bonds is 5. The Morgan fingerprint density at radius 1 is 1.05 bits per heavy atom. The maximum atomic E-state index is 10.5. The van der Waals surface area contributed by atoms with Crippen LogP contribution in [0.3, 0.4) is 0 Å². The molecule has 0 aliphatic heterocycles. The Labute approximate surface area is 120 Å². The predicted octanol–water partition coefficient (Wildman–Crippen LogP) is 4.01. The van der Waals surface area contributed by atoms with Crippen molar-refractivity contribution < 1.29 is 9.84 Å². The molecule has 0 aliphatic carbocycles. The molecule has 2 rings (SSSR count). The SMILES string of the molecule is COc1ccc(/C=C/CC(C)(O)c2ccccc2)cc1. The van der Waals surface area contributed by atoms with Gasteiger partial charge in [-0.3, -0.25) is 0 Å². The van der Waals surface area contributed by atoms with E-state index in [4.69, 9.17) is 4.74 Å². The second-order valence-electron chi connectivity index (χ2n) is 5.02. The Bertz CT molecular complexity index is 554. The standard InChI is InChI=1S/C18H20O2/c1-18(19,16-8-4-3-5-9-16)14-6-7-15-10-12-17(20-2)13-11-15/h3-13,19H,14H2,1-2H3/b7-6+. The van der Waals surface area contributed by atoms with E-state index in [-0.39, 0.29) is 0 Å². The molecule has 0 bridgehead atoms. The molecule has 0 saturated carbocycles. The maximum Gasteiger partial charge on any atom is 0.118 e. The topological polar surface area (TPSA) is 29.5 Å². The highest BCUT2D eigenvalue weighted by molar-refractivity contribution is 5.50. The molecule has 1 atom stereocenters. The van der Waals surface area contributed by atoms with E-state index < -0.39 is 5.60 Å². The summed E-state index contributed by atoms with van der Waals surface area (Å²) in [6.07, 6.45) is 4.58. The van der Waals surface area contributed by atoms with Gasteiger partial charge in [-0.05, 0) is 36.6 Å². The number of methoxy groups -OCH3 is 1. The number of ether oxygens (including phenoxy) is 1. The van der Waals surface area contributed by atoms with Crippen molar-refractivity contribution in [3.8, 4) is 5.75 Å². The summed E-state index contributed by atoms with van der Waals surface area (Å²) in [6, 6.07) is 17.6. The van der Waals surface area contributed by atoms with E-state index in [1.807, 2.05) is 73.7 Å². The van der Waals surface area contributed by atoms with Gasteiger partial charge in [-0.1, -0.05) is 54.6 Å². The van der Waals surface area contributed by atoms with Gasteiger partial charge in [0.25, 0.3) is 0 Å². The van der Waals surface area contributed by atoms with Crippen molar-refractivity contribution in [1.29, 1.82) is 0 Å². The second-order valence-corrected chi connectivity index (χ2v) is 5.02.